The lowest BCUT2D eigenvalue weighted by Gasteiger charge is -2.05. The number of oxazole rings is 1. The Bertz CT molecular complexity index is 237. The molecule has 0 aliphatic rings. The third-order valence-electron chi connectivity index (χ3n) is 1.72. The van der Waals surface area contributed by atoms with Gasteiger partial charge in [0.2, 0.25) is 5.89 Å². The van der Waals surface area contributed by atoms with E-state index in [0.717, 1.165) is 12.2 Å². The highest BCUT2D eigenvalue weighted by molar-refractivity contribution is 4.95. The van der Waals surface area contributed by atoms with E-state index in [1.54, 1.807) is 6.20 Å². The molecule has 1 N–H and O–H groups in total. The fourth-order valence-electron chi connectivity index (χ4n) is 0.908. The summed E-state index contributed by atoms with van der Waals surface area (Å²) in [5.74, 6) is 0.887. The topological polar surface area (TPSA) is 38.1 Å². The first-order valence-electron chi connectivity index (χ1n) is 3.93. The van der Waals surface area contributed by atoms with Gasteiger partial charge in [-0.15, -0.1) is 0 Å². The van der Waals surface area contributed by atoms with E-state index in [4.69, 9.17) is 4.42 Å². The van der Waals surface area contributed by atoms with Crippen molar-refractivity contribution in [3.63, 3.8) is 0 Å². The van der Waals surface area contributed by atoms with Crippen LogP contribution in [0.1, 0.15) is 18.6 Å². The molecule has 0 aliphatic heterocycles. The van der Waals surface area contributed by atoms with Crippen LogP contribution in [0.5, 0.6) is 0 Å². The average molecular weight is 172 g/mol. The van der Waals surface area contributed by atoms with E-state index in [1.165, 1.54) is 0 Å². The fourth-order valence-corrected chi connectivity index (χ4v) is 0.908. The Balaban J connectivity index is 2.52. The highest BCUT2D eigenvalue weighted by Crippen LogP contribution is 2.07. The lowest BCUT2D eigenvalue weighted by molar-refractivity contribution is 0.360. The second kappa shape index (κ2) is 4.21. The molecule has 1 aromatic rings. The summed E-state index contributed by atoms with van der Waals surface area (Å²) in [6, 6.07) is 0.324. The summed E-state index contributed by atoms with van der Waals surface area (Å²) in [4.78, 5) is 3.75. The van der Waals surface area contributed by atoms with E-state index in [2.05, 4.69) is 10.3 Å². The monoisotopic (exact) mass is 172 g/mol. The zero-order chi connectivity index (χ0) is 8.97. The number of likely N-dealkylation sites (N-methyl/N-ethyl adjacent to an activating group) is 1. The van der Waals surface area contributed by atoms with Crippen molar-refractivity contribution >= 4 is 0 Å². The van der Waals surface area contributed by atoms with E-state index >= 15 is 0 Å². The Morgan fingerprint density at radius 2 is 2.50 bits per heavy atom. The molecular formula is C8H13FN2O. The Labute approximate surface area is 71.0 Å². The van der Waals surface area contributed by atoms with Gasteiger partial charge in [0.25, 0.3) is 0 Å². The van der Waals surface area contributed by atoms with Gasteiger partial charge in [0, 0.05) is 12.5 Å². The Kier molecular flexibility index (Phi) is 3.22. The maximum absolute atomic E-state index is 12.0. The van der Waals surface area contributed by atoms with Gasteiger partial charge < -0.3 is 9.73 Å². The van der Waals surface area contributed by atoms with Crippen molar-refractivity contribution in [2.24, 2.45) is 0 Å². The van der Waals surface area contributed by atoms with Crippen molar-refractivity contribution in [1.29, 1.82) is 0 Å². The van der Waals surface area contributed by atoms with Crippen LogP contribution in [0.2, 0.25) is 0 Å². The molecule has 1 rings (SSSR count). The summed E-state index contributed by atoms with van der Waals surface area (Å²) < 4.78 is 17.1. The van der Waals surface area contributed by atoms with Crippen LogP contribution in [-0.4, -0.2) is 18.1 Å². The van der Waals surface area contributed by atoms with Gasteiger partial charge in [-0.05, 0) is 14.0 Å². The van der Waals surface area contributed by atoms with Gasteiger partial charge in [0.05, 0.1) is 6.20 Å². The Morgan fingerprint density at radius 3 is 3.00 bits per heavy atom. The maximum atomic E-state index is 12.0. The molecule has 1 aromatic heterocycles. The Hall–Kier alpha value is -0.900. The molecular weight excluding hydrogens is 159 g/mol. The first-order chi connectivity index (χ1) is 5.76. The molecule has 0 aromatic carbocycles. The quantitative estimate of drug-likeness (QED) is 0.743. The minimum Gasteiger partial charge on any atom is -0.443 e. The molecule has 68 valence electrons. The van der Waals surface area contributed by atoms with Crippen LogP contribution in [0.25, 0.3) is 0 Å². The van der Waals surface area contributed by atoms with Crippen LogP contribution in [0, 0.1) is 0 Å². The second-order valence-corrected chi connectivity index (χ2v) is 2.75. The standard InChI is InChI=1S/C8H13FN2O/c1-6(10-2)3-7-5-11-8(4-9)12-7/h5-6,10H,3-4H2,1-2H3. The lowest BCUT2D eigenvalue weighted by atomic mass is 10.2. The fraction of sp³-hybridized carbons (Fsp3) is 0.625. The molecule has 0 amide bonds. The molecule has 12 heavy (non-hydrogen) atoms. The van der Waals surface area contributed by atoms with Gasteiger partial charge in [-0.25, -0.2) is 9.37 Å². The number of halogens is 1. The van der Waals surface area contributed by atoms with Gasteiger partial charge in [-0.3, -0.25) is 0 Å². The predicted octanol–water partition coefficient (Wildman–Crippen LogP) is 1.29. The molecule has 0 saturated carbocycles. The predicted molar refractivity (Wildman–Crippen MR) is 43.5 cm³/mol. The first kappa shape index (κ1) is 9.19. The van der Waals surface area contributed by atoms with Gasteiger partial charge in [0.15, 0.2) is 6.67 Å². The smallest absolute Gasteiger partial charge is 0.225 e. The zero-order valence-electron chi connectivity index (χ0n) is 7.30. The van der Waals surface area contributed by atoms with Gasteiger partial charge in [-0.1, -0.05) is 0 Å². The van der Waals surface area contributed by atoms with Crippen molar-refractivity contribution in [2.75, 3.05) is 7.05 Å². The number of rotatable bonds is 4. The molecule has 3 nitrogen and oxygen atoms in total. The SMILES string of the molecule is CNC(C)Cc1cnc(CF)o1. The van der Waals surface area contributed by atoms with Crippen LogP contribution in [0.3, 0.4) is 0 Å². The van der Waals surface area contributed by atoms with E-state index in [0.29, 0.717) is 6.04 Å². The van der Waals surface area contributed by atoms with E-state index in [9.17, 15) is 4.39 Å². The summed E-state index contributed by atoms with van der Waals surface area (Å²) in [5, 5.41) is 3.06. The van der Waals surface area contributed by atoms with Gasteiger partial charge >= 0.3 is 0 Å². The van der Waals surface area contributed by atoms with Gasteiger partial charge in [0.1, 0.15) is 5.76 Å². The van der Waals surface area contributed by atoms with Crippen molar-refractivity contribution in [1.82, 2.24) is 10.3 Å². The third-order valence-corrected chi connectivity index (χ3v) is 1.72. The minimum absolute atomic E-state index is 0.160. The Morgan fingerprint density at radius 1 is 1.75 bits per heavy atom. The summed E-state index contributed by atoms with van der Waals surface area (Å²) in [5.41, 5.74) is 0. The van der Waals surface area contributed by atoms with Crippen LogP contribution >= 0.6 is 0 Å². The molecule has 0 fully saturated rings. The van der Waals surface area contributed by atoms with Crippen LogP contribution < -0.4 is 5.32 Å². The average Bonchev–Trinajstić information content (AvgIpc) is 2.52. The number of aromatic nitrogens is 1. The van der Waals surface area contributed by atoms with Crippen LogP contribution in [-0.2, 0) is 13.1 Å². The molecule has 0 bridgehead atoms. The van der Waals surface area contributed by atoms with Gasteiger partial charge in [-0.2, -0.15) is 0 Å². The van der Waals surface area contributed by atoms with Crippen molar-refractivity contribution in [2.45, 2.75) is 26.1 Å². The number of hydrogen-bond acceptors (Lipinski definition) is 3. The summed E-state index contributed by atoms with van der Waals surface area (Å²) in [7, 11) is 1.87. The molecule has 0 radical (unpaired) electrons. The highest BCUT2D eigenvalue weighted by Gasteiger charge is 2.06. The van der Waals surface area contributed by atoms with Crippen molar-refractivity contribution < 1.29 is 8.81 Å². The normalized spacial score (nSPS) is 13.2. The molecule has 4 heteroatoms. The summed E-state index contributed by atoms with van der Waals surface area (Å²) >= 11 is 0. The summed E-state index contributed by atoms with van der Waals surface area (Å²) in [6.07, 6.45) is 2.31. The van der Waals surface area contributed by atoms with Crippen LogP contribution in [0.15, 0.2) is 10.6 Å². The summed E-state index contributed by atoms with van der Waals surface area (Å²) in [6.45, 7) is 1.39. The third kappa shape index (κ3) is 2.30. The van der Waals surface area contributed by atoms with Crippen molar-refractivity contribution in [3.8, 4) is 0 Å². The zero-order valence-corrected chi connectivity index (χ0v) is 7.30. The second-order valence-electron chi connectivity index (χ2n) is 2.75. The van der Waals surface area contributed by atoms with E-state index < -0.39 is 6.67 Å². The highest BCUT2D eigenvalue weighted by atomic mass is 19.1. The minimum atomic E-state index is -0.631. The molecule has 1 unspecified atom stereocenters. The largest absolute Gasteiger partial charge is 0.443 e. The molecule has 0 saturated heterocycles. The first-order valence-corrected chi connectivity index (χ1v) is 3.93. The van der Waals surface area contributed by atoms with E-state index in [1.807, 2.05) is 14.0 Å². The van der Waals surface area contributed by atoms with Crippen LogP contribution in [0.4, 0.5) is 4.39 Å². The number of alkyl halides is 1. The van der Waals surface area contributed by atoms with E-state index in [-0.39, 0.29) is 5.89 Å². The molecule has 1 atom stereocenters. The molecule has 0 spiro atoms. The molecule has 1 heterocycles. The van der Waals surface area contributed by atoms with Crippen molar-refractivity contribution in [3.05, 3.63) is 17.8 Å². The molecule has 0 aliphatic carbocycles. The maximum Gasteiger partial charge on any atom is 0.225 e. The number of nitrogens with one attached hydrogen (secondary N) is 1. The number of hydrogen-bond donors (Lipinski definition) is 1. The number of nitrogens with zero attached hydrogens (tertiary/aromatic N) is 1. The lowest BCUT2D eigenvalue weighted by Crippen LogP contribution is -2.23.